The highest BCUT2D eigenvalue weighted by atomic mass is 127. The first kappa shape index (κ1) is 21.0. The fourth-order valence-electron chi connectivity index (χ4n) is 2.65. The molecule has 1 rings (SSSR count). The van der Waals surface area contributed by atoms with Crippen LogP contribution in [0, 0.1) is 5.92 Å². The first-order valence-corrected chi connectivity index (χ1v) is 8.22. The second-order valence-electron chi connectivity index (χ2n) is 6.36. The Hall–Kier alpha value is -0.0400. The van der Waals surface area contributed by atoms with Crippen LogP contribution in [0.5, 0.6) is 0 Å². The van der Waals surface area contributed by atoms with Crippen LogP contribution in [-0.2, 0) is 0 Å². The van der Waals surface area contributed by atoms with Gasteiger partial charge in [0, 0.05) is 25.7 Å². The van der Waals surface area contributed by atoms with Gasteiger partial charge in [0.05, 0.1) is 0 Å². The molecule has 0 aromatic carbocycles. The average molecular weight is 410 g/mol. The third-order valence-corrected chi connectivity index (χ3v) is 4.16. The van der Waals surface area contributed by atoms with Gasteiger partial charge in [-0.25, -0.2) is 0 Å². The van der Waals surface area contributed by atoms with E-state index in [2.05, 4.69) is 48.5 Å². The fraction of sp³-hybridized carbons (Fsp3) is 0.938. The van der Waals surface area contributed by atoms with Gasteiger partial charge in [-0.15, -0.1) is 24.0 Å². The summed E-state index contributed by atoms with van der Waals surface area (Å²) in [6.45, 7) is 5.48. The third-order valence-electron chi connectivity index (χ3n) is 4.16. The summed E-state index contributed by atoms with van der Waals surface area (Å²) < 4.78 is 0. The summed E-state index contributed by atoms with van der Waals surface area (Å²) >= 11 is 0. The molecule has 1 saturated carbocycles. The number of hydrogen-bond acceptors (Lipinski definition) is 2. The van der Waals surface area contributed by atoms with Gasteiger partial charge in [-0.3, -0.25) is 4.99 Å². The molecular weight excluding hydrogens is 375 g/mol. The Labute approximate surface area is 148 Å². The first-order chi connectivity index (χ1) is 9.58. The van der Waals surface area contributed by atoms with Crippen molar-refractivity contribution in [1.82, 2.24) is 15.5 Å². The minimum absolute atomic E-state index is 0. The lowest BCUT2D eigenvalue weighted by Crippen LogP contribution is -2.48. The predicted octanol–water partition coefficient (Wildman–Crippen LogP) is 3.08. The molecule has 0 spiro atoms. The molecule has 2 atom stereocenters. The van der Waals surface area contributed by atoms with Crippen LogP contribution in [0.3, 0.4) is 0 Å². The molecule has 2 unspecified atom stereocenters. The van der Waals surface area contributed by atoms with Crippen LogP contribution in [0.25, 0.3) is 0 Å². The summed E-state index contributed by atoms with van der Waals surface area (Å²) in [4.78, 5) is 6.68. The van der Waals surface area contributed by atoms with E-state index in [1.54, 1.807) is 0 Å². The van der Waals surface area contributed by atoms with Crippen LogP contribution < -0.4 is 10.6 Å². The second kappa shape index (κ2) is 11.5. The van der Waals surface area contributed by atoms with Crippen molar-refractivity contribution in [3.8, 4) is 0 Å². The monoisotopic (exact) mass is 410 g/mol. The van der Waals surface area contributed by atoms with Gasteiger partial charge < -0.3 is 15.5 Å². The van der Waals surface area contributed by atoms with E-state index in [0.717, 1.165) is 18.4 Å². The molecule has 21 heavy (non-hydrogen) atoms. The van der Waals surface area contributed by atoms with Crippen molar-refractivity contribution >= 4 is 29.9 Å². The van der Waals surface area contributed by atoms with E-state index in [-0.39, 0.29) is 24.0 Å². The van der Waals surface area contributed by atoms with Crippen molar-refractivity contribution in [3.63, 3.8) is 0 Å². The molecule has 5 heteroatoms. The lowest BCUT2D eigenvalue weighted by Gasteiger charge is -2.26. The van der Waals surface area contributed by atoms with Crippen molar-refractivity contribution in [1.29, 1.82) is 0 Å². The van der Waals surface area contributed by atoms with Crippen LogP contribution in [0.15, 0.2) is 4.99 Å². The molecule has 4 nitrogen and oxygen atoms in total. The molecule has 2 N–H and O–H groups in total. The van der Waals surface area contributed by atoms with Crippen LogP contribution in [0.2, 0.25) is 0 Å². The average Bonchev–Trinajstić information content (AvgIpc) is 3.22. The standard InChI is InChI=1S/C16H34N4.HI/c1-6-7-8-9-13(2)19-16(17-3)18-12-15(20(4)5)14-10-11-14;/h13-15H,6-12H2,1-5H3,(H2,17,18,19);1H. The van der Waals surface area contributed by atoms with E-state index in [1.807, 2.05) is 7.05 Å². The Balaban J connectivity index is 0.00000400. The first-order valence-electron chi connectivity index (χ1n) is 8.22. The predicted molar refractivity (Wildman–Crippen MR) is 104 cm³/mol. The van der Waals surface area contributed by atoms with Crippen molar-refractivity contribution in [2.75, 3.05) is 27.7 Å². The molecule has 0 aromatic rings. The Morgan fingerprint density at radius 1 is 1.29 bits per heavy atom. The number of hydrogen-bond donors (Lipinski definition) is 2. The highest BCUT2D eigenvalue weighted by Crippen LogP contribution is 2.34. The zero-order valence-electron chi connectivity index (χ0n) is 14.5. The SMILES string of the molecule is CCCCCC(C)NC(=NC)NCC(C1CC1)N(C)C.I. The summed E-state index contributed by atoms with van der Waals surface area (Å²) in [7, 11) is 6.21. The van der Waals surface area contributed by atoms with Gasteiger partial charge in [-0.05, 0) is 46.2 Å². The molecule has 0 radical (unpaired) electrons. The third kappa shape index (κ3) is 8.86. The number of likely N-dealkylation sites (N-methyl/N-ethyl adjacent to an activating group) is 1. The number of guanidine groups is 1. The fourth-order valence-corrected chi connectivity index (χ4v) is 2.65. The number of nitrogens with one attached hydrogen (secondary N) is 2. The quantitative estimate of drug-likeness (QED) is 0.266. The van der Waals surface area contributed by atoms with E-state index in [0.29, 0.717) is 12.1 Å². The van der Waals surface area contributed by atoms with Crippen molar-refractivity contribution in [2.45, 2.75) is 64.5 Å². The number of unbranched alkanes of at least 4 members (excludes halogenated alkanes) is 2. The molecule has 1 aliphatic carbocycles. The summed E-state index contributed by atoms with van der Waals surface area (Å²) in [6, 6.07) is 1.12. The Bertz CT molecular complexity index is 288. The summed E-state index contributed by atoms with van der Waals surface area (Å²) in [5.41, 5.74) is 0. The van der Waals surface area contributed by atoms with Gasteiger partial charge in [-0.2, -0.15) is 0 Å². The highest BCUT2D eigenvalue weighted by Gasteiger charge is 2.32. The molecular formula is C16H35IN4. The molecule has 0 amide bonds. The lowest BCUT2D eigenvalue weighted by molar-refractivity contribution is 0.263. The van der Waals surface area contributed by atoms with Crippen molar-refractivity contribution < 1.29 is 0 Å². The largest absolute Gasteiger partial charge is 0.355 e. The highest BCUT2D eigenvalue weighted by molar-refractivity contribution is 14.0. The Morgan fingerprint density at radius 2 is 1.95 bits per heavy atom. The minimum Gasteiger partial charge on any atom is -0.355 e. The summed E-state index contributed by atoms with van der Waals surface area (Å²) in [6.07, 6.45) is 7.88. The topological polar surface area (TPSA) is 39.7 Å². The van der Waals surface area contributed by atoms with Gasteiger partial charge in [0.2, 0.25) is 0 Å². The molecule has 1 aliphatic rings. The summed E-state index contributed by atoms with van der Waals surface area (Å²) in [5.74, 6) is 1.82. The molecule has 0 aromatic heterocycles. The van der Waals surface area contributed by atoms with Gasteiger partial charge in [0.15, 0.2) is 5.96 Å². The van der Waals surface area contributed by atoms with E-state index in [9.17, 15) is 0 Å². The van der Waals surface area contributed by atoms with Crippen LogP contribution in [0.1, 0.15) is 52.4 Å². The van der Waals surface area contributed by atoms with Crippen molar-refractivity contribution in [2.24, 2.45) is 10.9 Å². The number of rotatable bonds is 9. The maximum absolute atomic E-state index is 4.34. The zero-order chi connectivity index (χ0) is 15.0. The van der Waals surface area contributed by atoms with E-state index < -0.39 is 0 Å². The molecule has 1 fully saturated rings. The molecule has 0 heterocycles. The van der Waals surface area contributed by atoms with Gasteiger partial charge in [0.1, 0.15) is 0 Å². The van der Waals surface area contributed by atoms with Crippen molar-refractivity contribution in [3.05, 3.63) is 0 Å². The van der Waals surface area contributed by atoms with Gasteiger partial charge in [-0.1, -0.05) is 26.2 Å². The van der Waals surface area contributed by atoms with E-state index >= 15 is 0 Å². The summed E-state index contributed by atoms with van der Waals surface area (Å²) in [5, 5.41) is 6.99. The lowest BCUT2D eigenvalue weighted by atomic mass is 10.1. The molecule has 0 saturated heterocycles. The number of aliphatic imine (C=N–C) groups is 1. The molecule has 0 bridgehead atoms. The maximum Gasteiger partial charge on any atom is 0.191 e. The zero-order valence-corrected chi connectivity index (χ0v) is 16.8. The van der Waals surface area contributed by atoms with Crippen LogP contribution in [-0.4, -0.2) is 50.6 Å². The normalized spacial score (nSPS) is 18.1. The second-order valence-corrected chi connectivity index (χ2v) is 6.36. The Kier molecular flexibility index (Phi) is 11.5. The minimum atomic E-state index is 0. The van der Waals surface area contributed by atoms with Crippen LogP contribution >= 0.6 is 24.0 Å². The maximum atomic E-state index is 4.34. The smallest absolute Gasteiger partial charge is 0.191 e. The van der Waals surface area contributed by atoms with E-state index in [1.165, 1.54) is 38.5 Å². The molecule has 0 aliphatic heterocycles. The van der Waals surface area contributed by atoms with Crippen LogP contribution in [0.4, 0.5) is 0 Å². The van der Waals surface area contributed by atoms with Gasteiger partial charge in [0.25, 0.3) is 0 Å². The number of nitrogens with zero attached hydrogens (tertiary/aromatic N) is 2. The van der Waals surface area contributed by atoms with E-state index in [4.69, 9.17) is 0 Å². The molecule has 126 valence electrons. The Morgan fingerprint density at radius 3 is 2.43 bits per heavy atom. The van der Waals surface area contributed by atoms with Gasteiger partial charge >= 0.3 is 0 Å². The number of halogens is 1.